The zero-order valence-electron chi connectivity index (χ0n) is 13.3. The van der Waals surface area contributed by atoms with E-state index in [1.54, 1.807) is 0 Å². The lowest BCUT2D eigenvalue weighted by molar-refractivity contribution is -0.159. The van der Waals surface area contributed by atoms with Crippen LogP contribution in [0.2, 0.25) is 0 Å². The molecule has 0 spiro atoms. The Morgan fingerprint density at radius 3 is 2.42 bits per heavy atom. The van der Waals surface area contributed by atoms with Crippen LogP contribution in [-0.2, 0) is 14.3 Å². The number of rotatable bonds is 2. The molecule has 0 bridgehead atoms. The number of hydrogen-bond donors (Lipinski definition) is 2. The third kappa shape index (κ3) is 4.98. The van der Waals surface area contributed by atoms with Gasteiger partial charge in [-0.3, -0.25) is 0 Å². The largest absolute Gasteiger partial charge is 0.473 e. The molecule has 1 aromatic heterocycles. The highest BCUT2D eigenvalue weighted by molar-refractivity contribution is 6.99. The smallest absolute Gasteiger partial charge is 0.414 e. The molecule has 1 fully saturated rings. The maximum Gasteiger partial charge on any atom is 0.414 e. The maximum atomic E-state index is 9.10. The lowest BCUT2D eigenvalue weighted by atomic mass is 10.1. The fourth-order valence-corrected chi connectivity index (χ4v) is 3.03. The number of likely N-dealkylation sites (N-methyl/N-ethyl adjacent to an activating group) is 1. The van der Waals surface area contributed by atoms with Crippen LogP contribution in [-0.4, -0.2) is 82.2 Å². The van der Waals surface area contributed by atoms with E-state index in [4.69, 9.17) is 24.5 Å². The van der Waals surface area contributed by atoms with Crippen LogP contribution >= 0.6 is 11.7 Å². The summed E-state index contributed by atoms with van der Waals surface area (Å²) < 4.78 is 14.4. The molecular weight excluding hydrogens is 336 g/mol. The van der Waals surface area contributed by atoms with Crippen molar-refractivity contribution in [2.75, 3.05) is 51.3 Å². The van der Waals surface area contributed by atoms with Crippen molar-refractivity contribution in [3.8, 4) is 0 Å². The molecular formula is C14H20N4O5S. The summed E-state index contributed by atoms with van der Waals surface area (Å²) in [5, 5.41) is 14.8. The number of nitrogens with zero attached hydrogens (tertiary/aromatic N) is 4. The molecule has 0 aromatic carbocycles. The number of hydrogen-bond acceptors (Lipinski definition) is 8. The Morgan fingerprint density at radius 2 is 1.83 bits per heavy atom. The fraction of sp³-hybridized carbons (Fsp3) is 0.571. The number of morpholine rings is 1. The SMILES string of the molecule is CN1CCC=C(c2nsnc2N2CCOCC2)C1.O=C(O)C(=O)O. The number of carbonyl (C=O) groups is 2. The zero-order valence-corrected chi connectivity index (χ0v) is 14.2. The Labute approximate surface area is 143 Å². The van der Waals surface area contributed by atoms with Gasteiger partial charge in [-0.2, -0.15) is 8.75 Å². The quantitative estimate of drug-likeness (QED) is 0.719. The van der Waals surface area contributed by atoms with Gasteiger partial charge in [0.15, 0.2) is 5.82 Å². The average molecular weight is 356 g/mol. The number of ether oxygens (including phenoxy) is 1. The first kappa shape index (κ1) is 18.3. The van der Waals surface area contributed by atoms with Crippen molar-refractivity contribution in [3.63, 3.8) is 0 Å². The summed E-state index contributed by atoms with van der Waals surface area (Å²) in [5.41, 5.74) is 2.40. The fourth-order valence-electron chi connectivity index (χ4n) is 2.43. The molecule has 2 aliphatic heterocycles. The zero-order chi connectivity index (χ0) is 17.5. The van der Waals surface area contributed by atoms with Crippen molar-refractivity contribution >= 4 is 35.1 Å². The summed E-state index contributed by atoms with van der Waals surface area (Å²) in [5.74, 6) is -2.60. The van der Waals surface area contributed by atoms with Crippen LogP contribution in [0.3, 0.4) is 0 Å². The summed E-state index contributed by atoms with van der Waals surface area (Å²) in [6.45, 7) is 5.52. The van der Waals surface area contributed by atoms with E-state index in [0.29, 0.717) is 0 Å². The van der Waals surface area contributed by atoms with Gasteiger partial charge in [0.2, 0.25) is 0 Å². The summed E-state index contributed by atoms with van der Waals surface area (Å²) >= 11 is 1.31. The van der Waals surface area contributed by atoms with E-state index in [9.17, 15) is 0 Å². The first-order valence-electron chi connectivity index (χ1n) is 7.48. The van der Waals surface area contributed by atoms with E-state index in [1.165, 1.54) is 17.3 Å². The van der Waals surface area contributed by atoms with Gasteiger partial charge >= 0.3 is 11.9 Å². The molecule has 2 aliphatic rings. The molecule has 24 heavy (non-hydrogen) atoms. The molecule has 0 unspecified atom stereocenters. The van der Waals surface area contributed by atoms with Gasteiger partial charge in [0.1, 0.15) is 5.69 Å². The van der Waals surface area contributed by atoms with Crippen molar-refractivity contribution < 1.29 is 24.5 Å². The first-order chi connectivity index (χ1) is 11.5. The third-order valence-corrected chi connectivity index (χ3v) is 4.13. The topological polar surface area (TPSA) is 116 Å². The van der Waals surface area contributed by atoms with Crippen molar-refractivity contribution in [1.29, 1.82) is 0 Å². The average Bonchev–Trinajstić information content (AvgIpc) is 3.06. The highest BCUT2D eigenvalue weighted by Gasteiger charge is 2.22. The monoisotopic (exact) mass is 356 g/mol. The highest BCUT2D eigenvalue weighted by Crippen LogP contribution is 2.28. The maximum absolute atomic E-state index is 9.10. The summed E-state index contributed by atoms with van der Waals surface area (Å²) in [7, 11) is 2.15. The molecule has 0 aliphatic carbocycles. The molecule has 9 nitrogen and oxygen atoms in total. The minimum atomic E-state index is -1.82. The summed E-state index contributed by atoms with van der Waals surface area (Å²) in [4.78, 5) is 22.8. The second kappa shape index (κ2) is 8.71. The van der Waals surface area contributed by atoms with Crippen molar-refractivity contribution in [3.05, 3.63) is 11.8 Å². The lowest BCUT2D eigenvalue weighted by Crippen LogP contribution is -2.37. The molecule has 0 atom stereocenters. The van der Waals surface area contributed by atoms with E-state index in [1.807, 2.05) is 0 Å². The molecule has 132 valence electrons. The minimum absolute atomic E-state index is 0.788. The van der Waals surface area contributed by atoms with Gasteiger partial charge in [-0.25, -0.2) is 9.59 Å². The van der Waals surface area contributed by atoms with Gasteiger partial charge in [0.25, 0.3) is 0 Å². The van der Waals surface area contributed by atoms with Crippen LogP contribution < -0.4 is 4.90 Å². The van der Waals surface area contributed by atoms with Gasteiger partial charge in [0.05, 0.1) is 24.9 Å². The van der Waals surface area contributed by atoms with Gasteiger partial charge < -0.3 is 24.7 Å². The van der Waals surface area contributed by atoms with Crippen LogP contribution in [0.4, 0.5) is 5.82 Å². The predicted molar refractivity (Wildman–Crippen MR) is 88.3 cm³/mol. The Kier molecular flexibility index (Phi) is 6.64. The Balaban J connectivity index is 0.000000301. The van der Waals surface area contributed by atoms with E-state index in [0.717, 1.165) is 57.3 Å². The van der Waals surface area contributed by atoms with Crippen LogP contribution in [0.1, 0.15) is 12.1 Å². The molecule has 10 heteroatoms. The first-order valence-corrected chi connectivity index (χ1v) is 8.21. The van der Waals surface area contributed by atoms with Gasteiger partial charge in [-0.05, 0) is 19.0 Å². The van der Waals surface area contributed by atoms with Crippen molar-refractivity contribution in [2.45, 2.75) is 6.42 Å². The van der Waals surface area contributed by atoms with Gasteiger partial charge in [0, 0.05) is 26.2 Å². The van der Waals surface area contributed by atoms with Crippen LogP contribution in [0.5, 0.6) is 0 Å². The van der Waals surface area contributed by atoms with Crippen LogP contribution in [0, 0.1) is 0 Å². The van der Waals surface area contributed by atoms with E-state index >= 15 is 0 Å². The Morgan fingerprint density at radius 1 is 1.17 bits per heavy atom. The number of aromatic nitrogens is 2. The van der Waals surface area contributed by atoms with E-state index in [-0.39, 0.29) is 0 Å². The molecule has 2 N–H and O–H groups in total. The second-order valence-electron chi connectivity index (χ2n) is 5.40. The molecule has 1 saturated heterocycles. The lowest BCUT2D eigenvalue weighted by Gasteiger charge is -2.28. The number of carboxylic acid groups (broad SMARTS) is 2. The van der Waals surface area contributed by atoms with E-state index < -0.39 is 11.9 Å². The molecule has 3 rings (SSSR count). The minimum Gasteiger partial charge on any atom is -0.473 e. The van der Waals surface area contributed by atoms with E-state index in [2.05, 4.69) is 31.7 Å². The number of carboxylic acids is 2. The van der Waals surface area contributed by atoms with Crippen molar-refractivity contribution in [1.82, 2.24) is 13.6 Å². The highest BCUT2D eigenvalue weighted by atomic mass is 32.1. The Hall–Kier alpha value is -2.04. The van der Waals surface area contributed by atoms with Gasteiger partial charge in [-0.1, -0.05) is 6.08 Å². The normalized spacial score (nSPS) is 18.4. The standard InChI is InChI=1S/C12H18N4OS.C2H2O4/c1-15-4-2-3-10(9-15)11-12(14-18-13-11)16-5-7-17-8-6-16;3-1(4)2(5)6/h3H,2,4-9H2,1H3;(H,3,4)(H,5,6). The summed E-state index contributed by atoms with van der Waals surface area (Å²) in [6.07, 6.45) is 3.41. The Bertz CT molecular complexity index is 600. The molecule has 0 saturated carbocycles. The summed E-state index contributed by atoms with van der Waals surface area (Å²) in [6, 6.07) is 0. The van der Waals surface area contributed by atoms with Crippen LogP contribution in [0.25, 0.3) is 5.57 Å². The molecule has 0 radical (unpaired) electrons. The van der Waals surface area contributed by atoms with Gasteiger partial charge in [-0.15, -0.1) is 0 Å². The van der Waals surface area contributed by atoms with Crippen LogP contribution in [0.15, 0.2) is 6.08 Å². The van der Waals surface area contributed by atoms with Crippen molar-refractivity contribution in [2.24, 2.45) is 0 Å². The molecule has 1 aromatic rings. The number of anilines is 1. The second-order valence-corrected chi connectivity index (χ2v) is 5.93. The molecule has 3 heterocycles. The predicted octanol–water partition coefficient (Wildman–Crippen LogP) is 0.249. The number of aliphatic carboxylic acids is 2. The third-order valence-electron chi connectivity index (χ3n) is 3.61. The molecule has 0 amide bonds.